The van der Waals surface area contributed by atoms with Gasteiger partial charge in [-0.15, -0.1) is 0 Å². The van der Waals surface area contributed by atoms with E-state index in [0.29, 0.717) is 0 Å². The van der Waals surface area contributed by atoms with Crippen molar-refractivity contribution in [1.29, 1.82) is 0 Å². The number of fused-ring (bicyclic) bond motifs is 1. The number of rotatable bonds is 7. The Labute approximate surface area is 195 Å². The molecular formula is C21H21F3N6O4. The first-order valence-corrected chi connectivity index (χ1v) is 9.98. The standard InChI is InChI=1S/C21H21F3N6O4/c1-25-20(33)12-8-26-15(29-19(32)10-3-4-10)7-13(12)28-14-9-27-30-6-5-11(17(34-2)16(14)30)18(31)21(22,23)24/h5-10,18,31H,3-4H2,1-2H3,(H,25,33)(H2,26,28,29,32)/i1D3. The van der Waals surface area contributed by atoms with E-state index in [1.165, 1.54) is 23.0 Å². The van der Waals surface area contributed by atoms with Gasteiger partial charge in [0.2, 0.25) is 5.91 Å². The number of hydrogen-bond donors (Lipinski definition) is 4. The lowest BCUT2D eigenvalue weighted by Crippen LogP contribution is -2.21. The van der Waals surface area contributed by atoms with Gasteiger partial charge in [-0.2, -0.15) is 18.3 Å². The van der Waals surface area contributed by atoms with Gasteiger partial charge < -0.3 is 25.8 Å². The van der Waals surface area contributed by atoms with Crippen LogP contribution < -0.4 is 20.7 Å². The number of ether oxygens (including phenoxy) is 1. The van der Waals surface area contributed by atoms with Crippen molar-refractivity contribution in [3.8, 4) is 5.75 Å². The predicted molar refractivity (Wildman–Crippen MR) is 115 cm³/mol. The highest BCUT2D eigenvalue weighted by Crippen LogP contribution is 2.41. The molecule has 0 bridgehead atoms. The highest BCUT2D eigenvalue weighted by Gasteiger charge is 2.41. The Kier molecular flexibility index (Phi) is 5.08. The van der Waals surface area contributed by atoms with Gasteiger partial charge >= 0.3 is 6.18 Å². The molecule has 0 aromatic carbocycles. The first kappa shape index (κ1) is 19.6. The van der Waals surface area contributed by atoms with E-state index >= 15 is 0 Å². The average molecular weight is 481 g/mol. The highest BCUT2D eigenvalue weighted by molar-refractivity contribution is 6.02. The third-order valence-corrected chi connectivity index (χ3v) is 5.21. The molecule has 1 fully saturated rings. The van der Waals surface area contributed by atoms with E-state index in [-0.39, 0.29) is 45.8 Å². The van der Waals surface area contributed by atoms with E-state index in [2.05, 4.69) is 20.7 Å². The third-order valence-electron chi connectivity index (χ3n) is 5.21. The lowest BCUT2D eigenvalue weighted by atomic mass is 10.1. The van der Waals surface area contributed by atoms with Gasteiger partial charge in [0.05, 0.1) is 30.2 Å². The van der Waals surface area contributed by atoms with Gasteiger partial charge in [-0.3, -0.25) is 9.59 Å². The van der Waals surface area contributed by atoms with Crippen LogP contribution in [0.5, 0.6) is 5.75 Å². The second kappa shape index (κ2) is 8.82. The van der Waals surface area contributed by atoms with Crippen LogP contribution in [0.3, 0.4) is 0 Å². The van der Waals surface area contributed by atoms with Gasteiger partial charge in [-0.05, 0) is 18.9 Å². The fourth-order valence-electron chi connectivity index (χ4n) is 3.36. The topological polar surface area (TPSA) is 130 Å². The first-order chi connectivity index (χ1) is 17.3. The van der Waals surface area contributed by atoms with E-state index < -0.39 is 30.7 Å². The zero-order chi connectivity index (χ0) is 27.1. The van der Waals surface area contributed by atoms with E-state index in [1.807, 2.05) is 5.32 Å². The molecule has 0 saturated heterocycles. The Morgan fingerprint density at radius 1 is 1.32 bits per heavy atom. The van der Waals surface area contributed by atoms with Crippen molar-refractivity contribution in [3.05, 3.63) is 41.9 Å². The van der Waals surface area contributed by atoms with Crippen LogP contribution in [0.4, 0.5) is 30.4 Å². The zero-order valence-electron chi connectivity index (χ0n) is 20.6. The molecule has 0 radical (unpaired) electrons. The minimum atomic E-state index is -4.97. The van der Waals surface area contributed by atoms with Crippen molar-refractivity contribution in [2.75, 3.05) is 24.7 Å². The molecule has 10 nitrogen and oxygen atoms in total. The van der Waals surface area contributed by atoms with Crippen LogP contribution in [0.25, 0.3) is 5.52 Å². The van der Waals surface area contributed by atoms with Gasteiger partial charge in [0.15, 0.2) is 11.9 Å². The summed E-state index contributed by atoms with van der Waals surface area (Å²) in [6.45, 7) is -2.82. The van der Waals surface area contributed by atoms with Gasteiger partial charge in [-0.25, -0.2) is 9.50 Å². The minimum Gasteiger partial charge on any atom is -0.494 e. The summed E-state index contributed by atoms with van der Waals surface area (Å²) in [5.74, 6) is -1.73. The molecule has 0 aliphatic heterocycles. The average Bonchev–Trinajstić information content (AvgIpc) is 3.58. The quantitative estimate of drug-likeness (QED) is 0.408. The Bertz CT molecular complexity index is 1360. The number of nitrogens with zero attached hydrogens (tertiary/aromatic N) is 3. The molecule has 1 unspecified atom stereocenters. The smallest absolute Gasteiger partial charge is 0.418 e. The molecule has 3 heterocycles. The summed E-state index contributed by atoms with van der Waals surface area (Å²) in [4.78, 5) is 28.8. The van der Waals surface area contributed by atoms with Crippen molar-refractivity contribution in [1.82, 2.24) is 19.9 Å². The van der Waals surface area contributed by atoms with E-state index in [0.717, 1.165) is 32.2 Å². The molecule has 3 aromatic heterocycles. The predicted octanol–water partition coefficient (Wildman–Crippen LogP) is 2.79. The SMILES string of the molecule is [2H]C([2H])([2H])NC(=O)c1cnc(NC(=O)C2CC2)cc1Nc1cnn2ccc(C(O)C(F)(F)F)c(OC)c12. The Morgan fingerprint density at radius 2 is 2.09 bits per heavy atom. The number of aromatic nitrogens is 3. The molecule has 2 amide bonds. The van der Waals surface area contributed by atoms with Crippen LogP contribution >= 0.6 is 0 Å². The van der Waals surface area contributed by atoms with Crippen LogP contribution in [-0.2, 0) is 4.79 Å². The number of methoxy groups -OCH3 is 1. The fraction of sp³-hybridized carbons (Fsp3) is 0.333. The van der Waals surface area contributed by atoms with E-state index in [1.54, 1.807) is 0 Å². The van der Waals surface area contributed by atoms with Crippen LogP contribution in [-0.4, -0.2) is 51.8 Å². The number of halogens is 3. The van der Waals surface area contributed by atoms with Gasteiger partial charge in [-0.1, -0.05) is 0 Å². The first-order valence-electron chi connectivity index (χ1n) is 11.5. The Balaban J connectivity index is 1.78. The highest BCUT2D eigenvalue weighted by atomic mass is 19.4. The summed E-state index contributed by atoms with van der Waals surface area (Å²) < 4.78 is 68.0. The number of amides is 2. The lowest BCUT2D eigenvalue weighted by Gasteiger charge is -2.19. The second-order valence-corrected chi connectivity index (χ2v) is 7.56. The summed E-state index contributed by atoms with van der Waals surface area (Å²) in [6, 6.07) is 2.28. The summed E-state index contributed by atoms with van der Waals surface area (Å²) >= 11 is 0. The molecule has 1 saturated carbocycles. The molecule has 1 aliphatic carbocycles. The molecule has 4 rings (SSSR count). The third kappa shape index (κ3) is 4.46. The van der Waals surface area contributed by atoms with Crippen molar-refractivity contribution in [3.63, 3.8) is 0 Å². The molecule has 1 aliphatic rings. The van der Waals surface area contributed by atoms with Crippen molar-refractivity contribution < 1.29 is 36.7 Å². The van der Waals surface area contributed by atoms with Crippen molar-refractivity contribution in [2.45, 2.75) is 25.1 Å². The number of hydrogen-bond acceptors (Lipinski definition) is 7. The summed E-state index contributed by atoms with van der Waals surface area (Å²) in [7, 11) is 1.12. The zero-order valence-corrected chi connectivity index (χ0v) is 17.6. The second-order valence-electron chi connectivity index (χ2n) is 7.56. The van der Waals surface area contributed by atoms with Crippen LogP contribution in [0.1, 0.15) is 39.0 Å². The number of alkyl halides is 3. The molecule has 1 atom stereocenters. The maximum Gasteiger partial charge on any atom is 0.418 e. The number of nitrogens with one attached hydrogen (secondary N) is 3. The van der Waals surface area contributed by atoms with Crippen LogP contribution in [0.15, 0.2) is 30.7 Å². The number of aliphatic hydroxyl groups excluding tert-OH is 1. The number of pyridine rings is 2. The molecule has 3 aromatic rings. The molecule has 0 spiro atoms. The molecule has 34 heavy (non-hydrogen) atoms. The number of carbonyl (C=O) groups is 2. The van der Waals surface area contributed by atoms with E-state index in [4.69, 9.17) is 8.85 Å². The number of anilines is 3. The molecule has 4 N–H and O–H groups in total. The Hall–Kier alpha value is -3.87. The van der Waals surface area contributed by atoms with Gasteiger partial charge in [0.1, 0.15) is 11.3 Å². The largest absolute Gasteiger partial charge is 0.494 e. The molecule has 13 heteroatoms. The van der Waals surface area contributed by atoms with Crippen LogP contribution in [0, 0.1) is 5.92 Å². The van der Waals surface area contributed by atoms with Crippen molar-refractivity contribution >= 4 is 34.5 Å². The number of carbonyl (C=O) groups excluding carboxylic acids is 2. The summed E-state index contributed by atoms with van der Waals surface area (Å²) in [5.41, 5.74) is -0.780. The van der Waals surface area contributed by atoms with E-state index in [9.17, 15) is 27.9 Å². The van der Waals surface area contributed by atoms with Gasteiger partial charge in [0, 0.05) is 41.0 Å². The van der Waals surface area contributed by atoms with Gasteiger partial charge in [0.25, 0.3) is 5.91 Å². The minimum absolute atomic E-state index is 0.00847. The normalized spacial score (nSPS) is 16.2. The monoisotopic (exact) mass is 481 g/mol. The summed E-state index contributed by atoms with van der Waals surface area (Å²) in [6.07, 6.45) is -2.90. The number of aliphatic hydroxyl groups is 1. The molecule has 180 valence electrons. The maximum atomic E-state index is 13.2. The maximum absolute atomic E-state index is 13.2. The van der Waals surface area contributed by atoms with Crippen molar-refractivity contribution in [2.24, 2.45) is 5.92 Å². The fourth-order valence-corrected chi connectivity index (χ4v) is 3.36. The lowest BCUT2D eigenvalue weighted by molar-refractivity contribution is -0.207. The Morgan fingerprint density at radius 3 is 2.74 bits per heavy atom. The molecular weight excluding hydrogens is 457 g/mol. The van der Waals surface area contributed by atoms with Crippen LogP contribution in [0.2, 0.25) is 0 Å². The summed E-state index contributed by atoms with van der Waals surface area (Å²) in [5, 5.41) is 21.2.